The zero-order valence-electron chi connectivity index (χ0n) is 8.78. The monoisotopic (exact) mass is 208 g/mol. The fourth-order valence-corrected chi connectivity index (χ4v) is 1.91. The average molecular weight is 208 g/mol. The molecular weight excluding hydrogens is 193 g/mol. The Morgan fingerprint density at radius 2 is 2.53 bits per heavy atom. The quantitative estimate of drug-likeness (QED) is 0.689. The van der Waals surface area contributed by atoms with E-state index in [0.29, 0.717) is 12.4 Å². The maximum Gasteiger partial charge on any atom is 0.178 e. The molecule has 0 bridgehead atoms. The topological polar surface area (TPSA) is 60.2 Å². The molecule has 1 radical (unpaired) electrons. The van der Waals surface area contributed by atoms with E-state index >= 15 is 0 Å². The van der Waals surface area contributed by atoms with Crippen molar-refractivity contribution in [3.8, 4) is 0 Å². The molecule has 0 spiro atoms. The molecule has 5 nitrogen and oxygen atoms in total. The second kappa shape index (κ2) is 4.76. The summed E-state index contributed by atoms with van der Waals surface area (Å²) in [6.45, 7) is 2.25. The Kier molecular flexibility index (Phi) is 3.38. The molecule has 2 rings (SSSR count). The lowest BCUT2D eigenvalue weighted by atomic mass is 9.67. The average Bonchev–Trinajstić information content (AvgIpc) is 2.84. The third-order valence-corrected chi connectivity index (χ3v) is 2.75. The van der Waals surface area contributed by atoms with Crippen LogP contribution < -0.4 is 0 Å². The Morgan fingerprint density at radius 1 is 1.67 bits per heavy atom. The minimum absolute atomic E-state index is 0.00278. The Labute approximate surface area is 89.7 Å². The van der Waals surface area contributed by atoms with Crippen molar-refractivity contribution in [2.24, 2.45) is 5.92 Å². The number of hydrogen-bond acceptors (Lipinski definition) is 4. The van der Waals surface area contributed by atoms with E-state index in [-0.39, 0.29) is 18.7 Å². The summed E-state index contributed by atoms with van der Waals surface area (Å²) in [7, 11) is 2.08. The van der Waals surface area contributed by atoms with E-state index in [9.17, 15) is 0 Å². The van der Waals surface area contributed by atoms with Gasteiger partial charge in [-0.3, -0.25) is 4.68 Å². The number of nitrogens with zero attached hydrogens (tertiary/aromatic N) is 3. The predicted molar refractivity (Wildman–Crippen MR) is 55.3 cm³/mol. The van der Waals surface area contributed by atoms with Crippen LogP contribution in [-0.2, 0) is 11.2 Å². The van der Waals surface area contributed by atoms with Crippen LogP contribution in [0.5, 0.6) is 0 Å². The third kappa shape index (κ3) is 2.57. The number of aliphatic hydroxyl groups excluding tert-OH is 1. The van der Waals surface area contributed by atoms with Crippen molar-refractivity contribution in [3.63, 3.8) is 0 Å². The van der Waals surface area contributed by atoms with Gasteiger partial charge in [0.15, 0.2) is 7.28 Å². The van der Waals surface area contributed by atoms with E-state index in [1.807, 2.05) is 6.20 Å². The van der Waals surface area contributed by atoms with Crippen molar-refractivity contribution >= 4 is 7.28 Å². The van der Waals surface area contributed by atoms with Gasteiger partial charge in [0.05, 0.1) is 18.9 Å². The van der Waals surface area contributed by atoms with Crippen molar-refractivity contribution in [2.75, 3.05) is 6.61 Å². The molecule has 1 aromatic heterocycles. The lowest BCUT2D eigenvalue weighted by molar-refractivity contribution is 0.0386. The molecule has 1 saturated heterocycles. The molecule has 0 aliphatic carbocycles. The van der Waals surface area contributed by atoms with E-state index in [2.05, 4.69) is 24.5 Å². The predicted octanol–water partition coefficient (Wildman–Crippen LogP) is -0.317. The molecule has 1 aliphatic rings. The highest BCUT2D eigenvalue weighted by Crippen LogP contribution is 2.25. The number of aromatic nitrogens is 3. The van der Waals surface area contributed by atoms with Gasteiger partial charge in [0.25, 0.3) is 0 Å². The van der Waals surface area contributed by atoms with Gasteiger partial charge in [-0.1, -0.05) is 12.1 Å². The minimum Gasteiger partial charge on any atom is -0.394 e. The number of aliphatic hydroxyl groups is 1. The van der Waals surface area contributed by atoms with Gasteiger partial charge >= 0.3 is 0 Å². The van der Waals surface area contributed by atoms with Gasteiger partial charge in [0, 0.05) is 18.6 Å². The summed E-state index contributed by atoms with van der Waals surface area (Å²) < 4.78 is 7.41. The van der Waals surface area contributed by atoms with Gasteiger partial charge in [-0.25, -0.2) is 0 Å². The smallest absolute Gasteiger partial charge is 0.178 e. The first-order valence-corrected chi connectivity index (χ1v) is 5.23. The molecule has 0 aromatic carbocycles. The SMILES string of the molecule is CC1CC(CO)OC1[B]Cn1ccnn1. The molecule has 81 valence electrons. The highest BCUT2D eigenvalue weighted by atomic mass is 16.5. The Balaban J connectivity index is 1.80. The Hall–Kier alpha value is -0.875. The summed E-state index contributed by atoms with van der Waals surface area (Å²) in [4.78, 5) is 0. The Morgan fingerprint density at radius 3 is 3.13 bits per heavy atom. The Bertz CT molecular complexity index is 294. The highest BCUT2D eigenvalue weighted by Gasteiger charge is 2.31. The second-order valence-corrected chi connectivity index (χ2v) is 3.98. The molecule has 3 atom stereocenters. The molecule has 0 amide bonds. The molecule has 1 aromatic rings. The lowest BCUT2D eigenvalue weighted by Crippen LogP contribution is -2.27. The van der Waals surface area contributed by atoms with E-state index in [1.165, 1.54) is 0 Å². The van der Waals surface area contributed by atoms with E-state index in [0.717, 1.165) is 6.42 Å². The molecule has 3 unspecified atom stereocenters. The lowest BCUT2D eigenvalue weighted by Gasteiger charge is -2.13. The van der Waals surface area contributed by atoms with Gasteiger partial charge in [-0.05, 0) is 12.3 Å². The third-order valence-electron chi connectivity index (χ3n) is 2.75. The molecular formula is C9H15BN3O2. The van der Waals surface area contributed by atoms with Crippen LogP contribution in [0, 0.1) is 5.92 Å². The van der Waals surface area contributed by atoms with Crippen LogP contribution >= 0.6 is 0 Å². The van der Waals surface area contributed by atoms with Gasteiger partial charge in [-0.2, -0.15) is 0 Å². The molecule has 0 saturated carbocycles. The van der Waals surface area contributed by atoms with Crippen molar-refractivity contribution < 1.29 is 9.84 Å². The van der Waals surface area contributed by atoms with Crippen molar-refractivity contribution in [2.45, 2.75) is 31.9 Å². The summed E-state index contributed by atoms with van der Waals surface area (Å²) in [5.74, 6) is 0.464. The van der Waals surface area contributed by atoms with Gasteiger partial charge in [0.1, 0.15) is 0 Å². The molecule has 6 heteroatoms. The first-order valence-electron chi connectivity index (χ1n) is 5.23. The molecule has 1 fully saturated rings. The van der Waals surface area contributed by atoms with Crippen LogP contribution in [0.25, 0.3) is 0 Å². The molecule has 2 heterocycles. The normalized spacial score (nSPS) is 30.7. The largest absolute Gasteiger partial charge is 0.394 e. The zero-order chi connectivity index (χ0) is 10.7. The number of ether oxygens (including phenoxy) is 1. The van der Waals surface area contributed by atoms with E-state index < -0.39 is 0 Å². The molecule has 15 heavy (non-hydrogen) atoms. The fraction of sp³-hybridized carbons (Fsp3) is 0.778. The highest BCUT2D eigenvalue weighted by molar-refractivity contribution is 6.35. The second-order valence-electron chi connectivity index (χ2n) is 3.98. The summed E-state index contributed by atoms with van der Waals surface area (Å²) >= 11 is 0. The van der Waals surface area contributed by atoms with Gasteiger partial charge < -0.3 is 9.84 Å². The van der Waals surface area contributed by atoms with Crippen LogP contribution in [-0.4, -0.2) is 46.1 Å². The van der Waals surface area contributed by atoms with Crippen LogP contribution in [0.1, 0.15) is 13.3 Å². The van der Waals surface area contributed by atoms with Crippen molar-refractivity contribution in [1.29, 1.82) is 0 Å². The summed E-state index contributed by atoms with van der Waals surface area (Å²) in [6, 6.07) is 0.117. The fourth-order valence-electron chi connectivity index (χ4n) is 1.91. The van der Waals surface area contributed by atoms with Crippen LogP contribution in [0.3, 0.4) is 0 Å². The van der Waals surface area contributed by atoms with Gasteiger partial charge in [0.2, 0.25) is 0 Å². The van der Waals surface area contributed by atoms with Crippen molar-refractivity contribution in [3.05, 3.63) is 12.4 Å². The molecule has 1 aliphatic heterocycles. The van der Waals surface area contributed by atoms with Crippen molar-refractivity contribution in [1.82, 2.24) is 15.0 Å². The first kappa shape index (κ1) is 10.6. The number of hydrogen-bond donors (Lipinski definition) is 1. The maximum absolute atomic E-state index is 8.99. The van der Waals surface area contributed by atoms with Crippen LogP contribution in [0.2, 0.25) is 0 Å². The maximum atomic E-state index is 8.99. The van der Waals surface area contributed by atoms with Crippen LogP contribution in [0.4, 0.5) is 0 Å². The van der Waals surface area contributed by atoms with Crippen LogP contribution in [0.15, 0.2) is 12.4 Å². The minimum atomic E-state index is -0.00278. The standard InChI is InChI=1S/C9H15BN3O2/c1-7-4-8(5-14)15-9(7)10-6-13-3-2-11-12-13/h2-3,7-9,14H,4-6H2,1H3. The van der Waals surface area contributed by atoms with E-state index in [1.54, 1.807) is 10.9 Å². The zero-order valence-corrected chi connectivity index (χ0v) is 8.78. The van der Waals surface area contributed by atoms with E-state index in [4.69, 9.17) is 9.84 Å². The molecule has 1 N–H and O–H groups in total. The number of rotatable bonds is 4. The summed E-state index contributed by atoms with van der Waals surface area (Å²) in [6.07, 6.45) is 5.10. The van der Waals surface area contributed by atoms with Gasteiger partial charge in [-0.15, -0.1) is 5.10 Å². The summed E-state index contributed by atoms with van der Waals surface area (Å²) in [5, 5.41) is 16.6. The first-order chi connectivity index (χ1) is 7.29. The summed E-state index contributed by atoms with van der Waals surface area (Å²) in [5.41, 5.74) is 0.